The molecule has 1 aromatic carbocycles. The van der Waals surface area contributed by atoms with E-state index in [9.17, 15) is 0 Å². The van der Waals surface area contributed by atoms with Crippen LogP contribution < -0.4 is 0 Å². The first-order valence-electron chi connectivity index (χ1n) is 4.57. The molecule has 1 atom stereocenters. The summed E-state index contributed by atoms with van der Waals surface area (Å²) in [5, 5.41) is 0.939. The average molecular weight is 306 g/mol. The number of hydrogen-bond acceptors (Lipinski definition) is 0. The molecule has 1 unspecified atom stereocenters. The Morgan fingerprint density at radius 1 is 1.31 bits per heavy atom. The van der Waals surface area contributed by atoms with Crippen molar-refractivity contribution in [1.29, 1.82) is 0 Å². The molecule has 72 valence electrons. The molecule has 1 rings (SSSR count). The Balaban J connectivity index is 2.85. The normalized spacial score (nSPS) is 12.8. The third-order valence-electron chi connectivity index (χ3n) is 2.08. The fourth-order valence-electron chi connectivity index (χ4n) is 1.37. The zero-order chi connectivity index (χ0) is 9.68. The summed E-state index contributed by atoms with van der Waals surface area (Å²) in [5.41, 5.74) is 2.80. The van der Waals surface area contributed by atoms with Crippen LogP contribution in [0.1, 0.15) is 35.7 Å². The van der Waals surface area contributed by atoms with Crippen molar-refractivity contribution in [3.8, 4) is 0 Å². The van der Waals surface area contributed by atoms with Crippen LogP contribution in [0.4, 0.5) is 0 Å². The van der Waals surface area contributed by atoms with Crippen molar-refractivity contribution in [2.75, 3.05) is 0 Å². The molecule has 0 spiro atoms. The highest BCUT2D eigenvalue weighted by Gasteiger charge is 2.09. The second-order valence-corrected chi connectivity index (χ2v) is 4.75. The second kappa shape index (κ2) is 5.82. The lowest BCUT2D eigenvalue weighted by Crippen LogP contribution is -1.94. The molecule has 0 fully saturated rings. The molecule has 0 aromatic heterocycles. The Hall–Kier alpha value is 0.180. The SMILES string of the molecule is CCCC(Br)c1ccccc1CBr. The van der Waals surface area contributed by atoms with Gasteiger partial charge in [-0.05, 0) is 17.5 Å². The molecule has 0 aliphatic heterocycles. The highest BCUT2D eigenvalue weighted by Crippen LogP contribution is 2.30. The lowest BCUT2D eigenvalue weighted by Gasteiger charge is -2.12. The quantitative estimate of drug-likeness (QED) is 0.700. The summed E-state index contributed by atoms with van der Waals surface area (Å²) in [4.78, 5) is 0.506. The minimum atomic E-state index is 0.506. The highest BCUT2D eigenvalue weighted by atomic mass is 79.9. The van der Waals surface area contributed by atoms with Crippen molar-refractivity contribution in [3.05, 3.63) is 35.4 Å². The van der Waals surface area contributed by atoms with E-state index in [1.165, 1.54) is 24.0 Å². The molecule has 0 aliphatic carbocycles. The first kappa shape index (κ1) is 11.3. The molecule has 0 radical (unpaired) electrons. The summed E-state index contributed by atoms with van der Waals surface area (Å²) in [6.07, 6.45) is 2.41. The fourth-order valence-corrected chi connectivity index (χ4v) is 2.79. The van der Waals surface area contributed by atoms with Gasteiger partial charge in [0.25, 0.3) is 0 Å². The van der Waals surface area contributed by atoms with Crippen molar-refractivity contribution in [2.24, 2.45) is 0 Å². The van der Waals surface area contributed by atoms with Crippen molar-refractivity contribution < 1.29 is 0 Å². The van der Waals surface area contributed by atoms with Crippen molar-refractivity contribution in [1.82, 2.24) is 0 Å². The number of benzene rings is 1. The number of hydrogen-bond donors (Lipinski definition) is 0. The predicted octanol–water partition coefficient (Wildman–Crippen LogP) is 4.82. The van der Waals surface area contributed by atoms with E-state index in [1.807, 2.05) is 0 Å². The number of alkyl halides is 2. The maximum atomic E-state index is 3.72. The molecule has 0 nitrogen and oxygen atoms in total. The Labute approximate surface area is 97.0 Å². The second-order valence-electron chi connectivity index (χ2n) is 3.09. The summed E-state index contributed by atoms with van der Waals surface area (Å²) < 4.78 is 0. The molecule has 0 saturated heterocycles. The van der Waals surface area contributed by atoms with Gasteiger partial charge in [0.1, 0.15) is 0 Å². The Morgan fingerprint density at radius 3 is 2.62 bits per heavy atom. The zero-order valence-corrected chi connectivity index (χ0v) is 10.9. The zero-order valence-electron chi connectivity index (χ0n) is 7.76. The smallest absolute Gasteiger partial charge is 0.0398 e. The van der Waals surface area contributed by atoms with Gasteiger partial charge in [0.15, 0.2) is 0 Å². The van der Waals surface area contributed by atoms with E-state index in [1.54, 1.807) is 0 Å². The van der Waals surface area contributed by atoms with Crippen LogP contribution in [0, 0.1) is 0 Å². The summed E-state index contributed by atoms with van der Waals surface area (Å²) in [6.45, 7) is 2.21. The van der Waals surface area contributed by atoms with Crippen molar-refractivity contribution >= 4 is 31.9 Å². The molecule has 0 N–H and O–H groups in total. The topological polar surface area (TPSA) is 0 Å². The Kier molecular flexibility index (Phi) is 5.04. The Morgan fingerprint density at radius 2 is 2.00 bits per heavy atom. The van der Waals surface area contributed by atoms with E-state index >= 15 is 0 Å². The average Bonchev–Trinajstić information content (AvgIpc) is 2.18. The lowest BCUT2D eigenvalue weighted by molar-refractivity contribution is 0.784. The van der Waals surface area contributed by atoms with Gasteiger partial charge in [0.05, 0.1) is 0 Å². The highest BCUT2D eigenvalue weighted by molar-refractivity contribution is 9.09. The van der Waals surface area contributed by atoms with Crippen LogP contribution in [0.15, 0.2) is 24.3 Å². The molecule has 0 saturated carbocycles. The molecule has 0 bridgehead atoms. The van der Waals surface area contributed by atoms with Crippen LogP contribution in [0.25, 0.3) is 0 Å². The molecular weight excluding hydrogens is 292 g/mol. The van der Waals surface area contributed by atoms with Crippen LogP contribution in [0.3, 0.4) is 0 Å². The van der Waals surface area contributed by atoms with Crippen LogP contribution >= 0.6 is 31.9 Å². The third-order valence-corrected chi connectivity index (χ3v) is 3.63. The molecule has 0 aliphatic rings. The van der Waals surface area contributed by atoms with Crippen molar-refractivity contribution in [3.63, 3.8) is 0 Å². The maximum Gasteiger partial charge on any atom is 0.0398 e. The van der Waals surface area contributed by atoms with Gasteiger partial charge >= 0.3 is 0 Å². The molecule has 0 heterocycles. The van der Waals surface area contributed by atoms with Crippen LogP contribution in [-0.2, 0) is 5.33 Å². The first-order chi connectivity index (χ1) is 6.29. The molecule has 2 heteroatoms. The number of halogens is 2. The minimum Gasteiger partial charge on any atom is -0.0876 e. The third kappa shape index (κ3) is 3.10. The summed E-state index contributed by atoms with van der Waals surface area (Å²) >= 11 is 7.22. The van der Waals surface area contributed by atoms with Gasteiger partial charge in [-0.25, -0.2) is 0 Å². The fraction of sp³-hybridized carbons (Fsp3) is 0.455. The van der Waals surface area contributed by atoms with E-state index in [0.717, 1.165) is 5.33 Å². The van der Waals surface area contributed by atoms with Gasteiger partial charge in [-0.1, -0.05) is 69.5 Å². The van der Waals surface area contributed by atoms with Gasteiger partial charge in [-0.15, -0.1) is 0 Å². The molecule has 1 aromatic rings. The summed E-state index contributed by atoms with van der Waals surface area (Å²) in [6, 6.07) is 8.57. The first-order valence-corrected chi connectivity index (χ1v) is 6.61. The maximum absolute atomic E-state index is 3.72. The van der Waals surface area contributed by atoms with E-state index in [4.69, 9.17) is 0 Å². The molecule has 13 heavy (non-hydrogen) atoms. The van der Waals surface area contributed by atoms with E-state index < -0.39 is 0 Å². The molecular formula is C11H14Br2. The van der Waals surface area contributed by atoms with E-state index in [2.05, 4.69) is 63.0 Å². The van der Waals surface area contributed by atoms with Crippen LogP contribution in [-0.4, -0.2) is 0 Å². The van der Waals surface area contributed by atoms with Gasteiger partial charge in [-0.3, -0.25) is 0 Å². The van der Waals surface area contributed by atoms with Gasteiger partial charge in [0.2, 0.25) is 0 Å². The summed E-state index contributed by atoms with van der Waals surface area (Å²) in [7, 11) is 0. The van der Waals surface area contributed by atoms with Crippen LogP contribution in [0.2, 0.25) is 0 Å². The number of rotatable bonds is 4. The van der Waals surface area contributed by atoms with Gasteiger partial charge in [-0.2, -0.15) is 0 Å². The van der Waals surface area contributed by atoms with Gasteiger partial charge in [0, 0.05) is 10.2 Å². The standard InChI is InChI=1S/C11H14Br2/c1-2-5-11(13)10-7-4-3-6-9(10)8-12/h3-4,6-7,11H,2,5,8H2,1H3. The lowest BCUT2D eigenvalue weighted by atomic mass is 10.0. The van der Waals surface area contributed by atoms with Crippen molar-refractivity contribution in [2.45, 2.75) is 29.9 Å². The van der Waals surface area contributed by atoms with Crippen LogP contribution in [0.5, 0.6) is 0 Å². The van der Waals surface area contributed by atoms with E-state index in [-0.39, 0.29) is 0 Å². The van der Waals surface area contributed by atoms with E-state index in [0.29, 0.717) is 4.83 Å². The Bertz CT molecular complexity index is 258. The largest absolute Gasteiger partial charge is 0.0876 e. The van der Waals surface area contributed by atoms with Gasteiger partial charge < -0.3 is 0 Å². The minimum absolute atomic E-state index is 0.506. The molecule has 0 amide bonds. The summed E-state index contributed by atoms with van der Waals surface area (Å²) in [5.74, 6) is 0. The monoisotopic (exact) mass is 304 g/mol. The predicted molar refractivity (Wildman–Crippen MR) is 65.6 cm³/mol.